The summed E-state index contributed by atoms with van der Waals surface area (Å²) in [7, 11) is 0. The SMILES string of the molecule is CCCc1nc(-c2cccc(Cl)c2)sc1CN. The maximum Gasteiger partial charge on any atom is 0.123 e. The highest BCUT2D eigenvalue weighted by Gasteiger charge is 2.10. The number of hydrogen-bond donors (Lipinski definition) is 1. The molecule has 90 valence electrons. The third-order valence-corrected chi connectivity index (χ3v) is 3.93. The van der Waals surface area contributed by atoms with Crippen molar-refractivity contribution in [2.75, 3.05) is 0 Å². The molecule has 0 bridgehead atoms. The van der Waals surface area contributed by atoms with E-state index < -0.39 is 0 Å². The molecule has 0 aliphatic heterocycles. The zero-order chi connectivity index (χ0) is 12.3. The van der Waals surface area contributed by atoms with Gasteiger partial charge in [0.05, 0.1) is 5.69 Å². The van der Waals surface area contributed by atoms with Crippen molar-refractivity contribution in [3.8, 4) is 10.6 Å². The van der Waals surface area contributed by atoms with Crippen LogP contribution in [0, 0.1) is 0 Å². The number of aryl methyl sites for hydroxylation is 1. The van der Waals surface area contributed by atoms with Crippen LogP contribution in [0.2, 0.25) is 5.02 Å². The fourth-order valence-electron chi connectivity index (χ4n) is 1.72. The summed E-state index contributed by atoms with van der Waals surface area (Å²) in [6, 6.07) is 7.79. The van der Waals surface area contributed by atoms with Crippen LogP contribution in [0.25, 0.3) is 10.6 Å². The van der Waals surface area contributed by atoms with Gasteiger partial charge in [-0.3, -0.25) is 0 Å². The smallest absolute Gasteiger partial charge is 0.123 e. The summed E-state index contributed by atoms with van der Waals surface area (Å²) in [6.07, 6.45) is 2.08. The van der Waals surface area contributed by atoms with Crippen molar-refractivity contribution in [2.24, 2.45) is 5.73 Å². The Bertz CT molecular complexity index is 508. The summed E-state index contributed by atoms with van der Waals surface area (Å²) < 4.78 is 0. The minimum Gasteiger partial charge on any atom is -0.326 e. The van der Waals surface area contributed by atoms with Gasteiger partial charge in [0, 0.05) is 22.0 Å². The van der Waals surface area contributed by atoms with Gasteiger partial charge in [-0.15, -0.1) is 11.3 Å². The van der Waals surface area contributed by atoms with Gasteiger partial charge in [0.15, 0.2) is 0 Å². The first-order chi connectivity index (χ1) is 8.24. The van der Waals surface area contributed by atoms with Crippen LogP contribution in [0.1, 0.15) is 23.9 Å². The summed E-state index contributed by atoms with van der Waals surface area (Å²) >= 11 is 7.66. The summed E-state index contributed by atoms with van der Waals surface area (Å²) in [5, 5.41) is 1.75. The molecule has 1 aromatic carbocycles. The lowest BCUT2D eigenvalue weighted by atomic mass is 10.2. The number of nitrogens with zero attached hydrogens (tertiary/aromatic N) is 1. The first kappa shape index (κ1) is 12.6. The van der Waals surface area contributed by atoms with E-state index in [1.54, 1.807) is 11.3 Å². The second kappa shape index (κ2) is 5.63. The van der Waals surface area contributed by atoms with Crippen LogP contribution < -0.4 is 5.73 Å². The highest BCUT2D eigenvalue weighted by Crippen LogP contribution is 2.30. The Hall–Kier alpha value is -0.900. The van der Waals surface area contributed by atoms with Crippen LogP contribution in [0.3, 0.4) is 0 Å². The molecule has 0 radical (unpaired) electrons. The molecule has 0 unspecified atom stereocenters. The Labute approximate surface area is 110 Å². The molecule has 4 heteroatoms. The lowest BCUT2D eigenvalue weighted by Crippen LogP contribution is -1.97. The number of aromatic nitrogens is 1. The normalized spacial score (nSPS) is 10.8. The van der Waals surface area contributed by atoms with E-state index in [2.05, 4.69) is 11.9 Å². The molecule has 17 heavy (non-hydrogen) atoms. The number of thiazole rings is 1. The van der Waals surface area contributed by atoms with Gasteiger partial charge in [-0.1, -0.05) is 37.1 Å². The summed E-state index contributed by atoms with van der Waals surface area (Å²) in [5.41, 5.74) is 7.95. The van der Waals surface area contributed by atoms with Crippen LogP contribution in [-0.2, 0) is 13.0 Å². The number of benzene rings is 1. The lowest BCUT2D eigenvalue weighted by Gasteiger charge is -1.96. The molecule has 0 atom stereocenters. The Morgan fingerprint density at radius 2 is 2.24 bits per heavy atom. The molecule has 2 rings (SSSR count). The monoisotopic (exact) mass is 266 g/mol. The van der Waals surface area contributed by atoms with Gasteiger partial charge >= 0.3 is 0 Å². The van der Waals surface area contributed by atoms with Crippen molar-refractivity contribution in [3.63, 3.8) is 0 Å². The van der Waals surface area contributed by atoms with E-state index in [9.17, 15) is 0 Å². The van der Waals surface area contributed by atoms with Crippen molar-refractivity contribution >= 4 is 22.9 Å². The molecule has 1 heterocycles. The van der Waals surface area contributed by atoms with Crippen molar-refractivity contribution < 1.29 is 0 Å². The standard InChI is InChI=1S/C13H15ClN2S/c1-2-4-11-12(8-15)17-13(16-11)9-5-3-6-10(14)7-9/h3,5-7H,2,4,8,15H2,1H3. The zero-order valence-electron chi connectivity index (χ0n) is 9.74. The molecular formula is C13H15ClN2S. The highest BCUT2D eigenvalue weighted by atomic mass is 35.5. The number of hydrogen-bond acceptors (Lipinski definition) is 3. The Morgan fingerprint density at radius 1 is 1.41 bits per heavy atom. The van der Waals surface area contributed by atoms with Gasteiger partial charge in [0.1, 0.15) is 5.01 Å². The van der Waals surface area contributed by atoms with Gasteiger partial charge in [0.2, 0.25) is 0 Å². The van der Waals surface area contributed by atoms with Gasteiger partial charge in [-0.05, 0) is 18.6 Å². The summed E-state index contributed by atoms with van der Waals surface area (Å²) in [6.45, 7) is 2.71. The predicted molar refractivity (Wildman–Crippen MR) is 74.4 cm³/mol. The van der Waals surface area contributed by atoms with Crippen molar-refractivity contribution in [1.29, 1.82) is 0 Å². The van der Waals surface area contributed by atoms with E-state index in [-0.39, 0.29) is 0 Å². The average molecular weight is 267 g/mol. The minimum atomic E-state index is 0.563. The van der Waals surface area contributed by atoms with E-state index in [0.717, 1.165) is 34.1 Å². The summed E-state index contributed by atoms with van der Waals surface area (Å²) in [5.74, 6) is 0. The van der Waals surface area contributed by atoms with Gasteiger partial charge in [-0.2, -0.15) is 0 Å². The van der Waals surface area contributed by atoms with Crippen LogP contribution in [0.4, 0.5) is 0 Å². The molecule has 2 nitrogen and oxygen atoms in total. The van der Waals surface area contributed by atoms with E-state index in [4.69, 9.17) is 17.3 Å². The second-order valence-corrected chi connectivity index (χ2v) is 5.37. The topological polar surface area (TPSA) is 38.9 Å². The van der Waals surface area contributed by atoms with Crippen molar-refractivity contribution in [3.05, 3.63) is 39.9 Å². The van der Waals surface area contributed by atoms with Crippen molar-refractivity contribution in [2.45, 2.75) is 26.3 Å². The molecule has 0 fully saturated rings. The van der Waals surface area contributed by atoms with Gasteiger partial charge in [-0.25, -0.2) is 4.98 Å². The Balaban J connectivity index is 2.39. The van der Waals surface area contributed by atoms with Gasteiger partial charge in [0.25, 0.3) is 0 Å². The lowest BCUT2D eigenvalue weighted by molar-refractivity contribution is 0.872. The largest absolute Gasteiger partial charge is 0.326 e. The molecule has 0 aliphatic rings. The second-order valence-electron chi connectivity index (χ2n) is 3.85. The van der Waals surface area contributed by atoms with Gasteiger partial charge < -0.3 is 5.73 Å². The molecule has 0 aliphatic carbocycles. The third kappa shape index (κ3) is 2.86. The summed E-state index contributed by atoms with van der Waals surface area (Å²) in [4.78, 5) is 5.84. The number of rotatable bonds is 4. The molecule has 2 N–H and O–H groups in total. The van der Waals surface area contributed by atoms with Crippen LogP contribution in [-0.4, -0.2) is 4.98 Å². The van der Waals surface area contributed by atoms with E-state index >= 15 is 0 Å². The van der Waals surface area contributed by atoms with Crippen LogP contribution in [0.5, 0.6) is 0 Å². The minimum absolute atomic E-state index is 0.563. The van der Waals surface area contributed by atoms with Crippen LogP contribution >= 0.6 is 22.9 Å². The first-order valence-corrected chi connectivity index (χ1v) is 6.88. The number of halogens is 1. The predicted octanol–water partition coefficient (Wildman–Crippen LogP) is 3.87. The van der Waals surface area contributed by atoms with E-state index in [1.165, 1.54) is 4.88 Å². The molecule has 0 saturated heterocycles. The molecule has 2 aromatic rings. The molecule has 0 spiro atoms. The molecular weight excluding hydrogens is 252 g/mol. The Kier molecular flexibility index (Phi) is 4.15. The maximum atomic E-state index is 5.99. The fraction of sp³-hybridized carbons (Fsp3) is 0.308. The van der Waals surface area contributed by atoms with Crippen molar-refractivity contribution in [1.82, 2.24) is 4.98 Å². The molecule has 0 saturated carbocycles. The zero-order valence-corrected chi connectivity index (χ0v) is 11.3. The average Bonchev–Trinajstić information content (AvgIpc) is 2.73. The Morgan fingerprint density at radius 3 is 2.88 bits per heavy atom. The molecule has 1 aromatic heterocycles. The molecule has 0 amide bonds. The van der Waals surface area contributed by atoms with E-state index in [0.29, 0.717) is 6.54 Å². The van der Waals surface area contributed by atoms with E-state index in [1.807, 2.05) is 24.3 Å². The fourth-order valence-corrected chi connectivity index (χ4v) is 2.89. The number of nitrogens with two attached hydrogens (primary N) is 1. The maximum absolute atomic E-state index is 5.99. The van der Waals surface area contributed by atoms with Crippen LogP contribution in [0.15, 0.2) is 24.3 Å². The first-order valence-electron chi connectivity index (χ1n) is 5.69. The quantitative estimate of drug-likeness (QED) is 0.912. The highest BCUT2D eigenvalue weighted by molar-refractivity contribution is 7.15. The third-order valence-electron chi connectivity index (χ3n) is 2.52.